The molecule has 0 radical (unpaired) electrons. The Hall–Kier alpha value is -2.66. The zero-order valence-corrected chi connectivity index (χ0v) is 18.5. The average molecular weight is 451 g/mol. The van der Waals surface area contributed by atoms with E-state index in [2.05, 4.69) is 5.32 Å². The summed E-state index contributed by atoms with van der Waals surface area (Å²) in [6.45, 7) is 5.17. The molecule has 2 fully saturated rings. The van der Waals surface area contributed by atoms with Crippen molar-refractivity contribution in [2.45, 2.75) is 57.7 Å². The van der Waals surface area contributed by atoms with E-state index >= 15 is 0 Å². The van der Waals surface area contributed by atoms with Crippen molar-refractivity contribution in [3.05, 3.63) is 41.6 Å². The van der Waals surface area contributed by atoms with Crippen LogP contribution in [0.25, 0.3) is 0 Å². The van der Waals surface area contributed by atoms with E-state index in [1.807, 2.05) is 0 Å². The maximum absolute atomic E-state index is 12.2. The first-order chi connectivity index (χ1) is 15.4. The molecule has 2 saturated heterocycles. The summed E-state index contributed by atoms with van der Waals surface area (Å²) in [5.74, 6) is -0.950. The minimum Gasteiger partial charge on any atom is -0.497 e. The van der Waals surface area contributed by atoms with E-state index in [4.69, 9.17) is 28.4 Å². The second kappa shape index (κ2) is 10.8. The summed E-state index contributed by atoms with van der Waals surface area (Å²) in [7, 11) is 1.58. The average Bonchev–Trinajstić information content (AvgIpc) is 3.23. The van der Waals surface area contributed by atoms with Gasteiger partial charge in [-0.3, -0.25) is 0 Å². The normalized spacial score (nSPS) is 28.9. The molecule has 0 aromatic heterocycles. The molecular weight excluding hydrogens is 422 g/mol. The van der Waals surface area contributed by atoms with Crippen LogP contribution in [0, 0.1) is 0 Å². The van der Waals surface area contributed by atoms with Gasteiger partial charge in [0.1, 0.15) is 24.1 Å². The van der Waals surface area contributed by atoms with Crippen LogP contribution in [0.4, 0.5) is 0 Å². The minimum absolute atomic E-state index is 0.101. The lowest BCUT2D eigenvalue weighted by Gasteiger charge is -2.38. The van der Waals surface area contributed by atoms with Crippen molar-refractivity contribution < 1.29 is 43.1 Å². The molecule has 2 aliphatic heterocycles. The van der Waals surface area contributed by atoms with Gasteiger partial charge in [-0.05, 0) is 32.9 Å². The highest BCUT2D eigenvalue weighted by molar-refractivity contribution is 6.13. The van der Waals surface area contributed by atoms with E-state index in [0.29, 0.717) is 5.75 Å². The first kappa shape index (κ1) is 24.0. The number of aliphatic hydroxyl groups excluding tert-OH is 1. The summed E-state index contributed by atoms with van der Waals surface area (Å²) >= 11 is 0. The summed E-state index contributed by atoms with van der Waals surface area (Å²) in [5.41, 5.74) is 0.436. The highest BCUT2D eigenvalue weighted by Gasteiger charge is 2.51. The molecule has 1 aromatic rings. The Bertz CT molecular complexity index is 805. The first-order valence-corrected chi connectivity index (χ1v) is 10.5. The number of benzene rings is 1. The Labute approximate surface area is 186 Å². The largest absolute Gasteiger partial charge is 0.497 e. The molecule has 32 heavy (non-hydrogen) atoms. The molecule has 0 saturated carbocycles. The molecule has 176 valence electrons. The van der Waals surface area contributed by atoms with E-state index in [0.717, 1.165) is 5.56 Å². The Balaban J connectivity index is 1.79. The number of nitrogens with one attached hydrogen (secondary N) is 1. The van der Waals surface area contributed by atoms with Gasteiger partial charge in [0.05, 0.1) is 26.4 Å². The fraction of sp³-hybridized carbons (Fsp3) is 0.545. The van der Waals surface area contributed by atoms with Gasteiger partial charge >= 0.3 is 11.9 Å². The maximum Gasteiger partial charge on any atom is 0.347 e. The molecule has 2 heterocycles. The summed E-state index contributed by atoms with van der Waals surface area (Å²) in [6, 6.07) is 7.17. The fourth-order valence-electron chi connectivity index (χ4n) is 3.48. The van der Waals surface area contributed by atoms with Crippen LogP contribution in [-0.2, 0) is 33.3 Å². The van der Waals surface area contributed by atoms with Crippen LogP contribution < -0.4 is 10.1 Å². The van der Waals surface area contributed by atoms with Gasteiger partial charge in [-0.25, -0.2) is 9.59 Å². The highest BCUT2D eigenvalue weighted by atomic mass is 16.8. The monoisotopic (exact) mass is 451 g/mol. The summed E-state index contributed by atoms with van der Waals surface area (Å²) in [5, 5.41) is 13.5. The van der Waals surface area contributed by atoms with Crippen LogP contribution in [-0.4, -0.2) is 68.0 Å². The van der Waals surface area contributed by atoms with Gasteiger partial charge in [0, 0.05) is 11.8 Å². The molecule has 0 aliphatic carbocycles. The van der Waals surface area contributed by atoms with Gasteiger partial charge in [0.25, 0.3) is 0 Å². The third-order valence-corrected chi connectivity index (χ3v) is 5.13. The molecule has 1 aromatic carbocycles. The van der Waals surface area contributed by atoms with Crippen LogP contribution in [0.5, 0.6) is 5.75 Å². The van der Waals surface area contributed by atoms with Gasteiger partial charge in [-0.1, -0.05) is 12.1 Å². The smallest absolute Gasteiger partial charge is 0.347 e. The Morgan fingerprint density at radius 3 is 2.19 bits per heavy atom. The third-order valence-electron chi connectivity index (χ3n) is 5.13. The van der Waals surface area contributed by atoms with Crippen molar-refractivity contribution >= 4 is 11.9 Å². The standard InChI is InChI=1S/C22H29NO9/c1-5-28-20(25)15(21(26)29-6-2)11-23-19-18-17(16(24)12(3)30-19)31-22(32-18)13-7-9-14(27-4)10-8-13/h7-12,16-19,22-24H,5-6H2,1-4H3/t12-,16-,17+,18+,19-,22?/m0/s1. The number of fused-ring (bicyclic) bond motifs is 1. The van der Waals surface area contributed by atoms with Crippen LogP contribution in [0.1, 0.15) is 32.6 Å². The molecular formula is C22H29NO9. The molecule has 0 bridgehead atoms. The van der Waals surface area contributed by atoms with Gasteiger partial charge < -0.3 is 38.8 Å². The van der Waals surface area contributed by atoms with Crippen LogP contribution in [0.15, 0.2) is 36.0 Å². The maximum atomic E-state index is 12.2. The Morgan fingerprint density at radius 1 is 1.03 bits per heavy atom. The molecule has 2 N–H and O–H groups in total. The summed E-state index contributed by atoms with van der Waals surface area (Å²) < 4.78 is 32.9. The first-order valence-electron chi connectivity index (χ1n) is 10.5. The molecule has 0 spiro atoms. The van der Waals surface area contributed by atoms with Crippen molar-refractivity contribution in [1.29, 1.82) is 0 Å². The third kappa shape index (κ3) is 5.21. The van der Waals surface area contributed by atoms with E-state index < -0.39 is 48.9 Å². The number of hydrogen-bond acceptors (Lipinski definition) is 10. The number of hydrogen-bond donors (Lipinski definition) is 2. The number of carbonyl (C=O) groups is 2. The topological polar surface area (TPSA) is 122 Å². The zero-order chi connectivity index (χ0) is 23.3. The summed E-state index contributed by atoms with van der Waals surface area (Å²) in [6.07, 6.45) is -3.27. The van der Waals surface area contributed by atoms with Crippen molar-refractivity contribution in [3.63, 3.8) is 0 Å². The van der Waals surface area contributed by atoms with E-state index in [1.54, 1.807) is 52.1 Å². The predicted molar refractivity (Wildman–Crippen MR) is 110 cm³/mol. The van der Waals surface area contributed by atoms with Crippen molar-refractivity contribution in [1.82, 2.24) is 5.32 Å². The van der Waals surface area contributed by atoms with E-state index in [-0.39, 0.29) is 18.8 Å². The van der Waals surface area contributed by atoms with Crippen molar-refractivity contribution in [2.24, 2.45) is 0 Å². The molecule has 3 rings (SSSR count). The SMILES string of the molecule is CCOC(=O)C(=CN[C@H]1O[C@@H](C)[C@H](O)[C@H]2OC(c3ccc(OC)cc3)O[C@H]21)C(=O)OCC. The van der Waals surface area contributed by atoms with Crippen LogP contribution in [0.2, 0.25) is 0 Å². The zero-order valence-electron chi connectivity index (χ0n) is 18.5. The Kier molecular flexibility index (Phi) is 8.08. The van der Waals surface area contributed by atoms with Crippen molar-refractivity contribution in [2.75, 3.05) is 20.3 Å². The molecule has 10 heteroatoms. The molecule has 2 aliphatic rings. The van der Waals surface area contributed by atoms with Gasteiger partial charge in [-0.15, -0.1) is 0 Å². The lowest BCUT2D eigenvalue weighted by atomic mass is 9.99. The highest BCUT2D eigenvalue weighted by Crippen LogP contribution is 2.38. The van der Waals surface area contributed by atoms with Gasteiger partial charge in [0.2, 0.25) is 0 Å². The predicted octanol–water partition coefficient (Wildman–Crippen LogP) is 1.18. The second-order valence-corrected chi connectivity index (χ2v) is 7.22. The van der Waals surface area contributed by atoms with Gasteiger partial charge in [0.15, 0.2) is 18.1 Å². The number of ether oxygens (including phenoxy) is 6. The second-order valence-electron chi connectivity index (χ2n) is 7.22. The quantitative estimate of drug-likeness (QED) is 0.258. The van der Waals surface area contributed by atoms with E-state index in [9.17, 15) is 14.7 Å². The molecule has 1 unspecified atom stereocenters. The number of carbonyl (C=O) groups excluding carboxylic acids is 2. The lowest BCUT2D eigenvalue weighted by molar-refractivity contribution is -0.186. The minimum atomic E-state index is -0.931. The van der Waals surface area contributed by atoms with Crippen molar-refractivity contribution in [3.8, 4) is 5.75 Å². The number of methoxy groups -OCH3 is 1. The van der Waals surface area contributed by atoms with Gasteiger partial charge in [-0.2, -0.15) is 0 Å². The van der Waals surface area contributed by atoms with Crippen LogP contribution in [0.3, 0.4) is 0 Å². The molecule has 10 nitrogen and oxygen atoms in total. The fourth-order valence-corrected chi connectivity index (χ4v) is 3.48. The number of aliphatic hydroxyl groups is 1. The number of esters is 2. The summed E-state index contributed by atoms with van der Waals surface area (Å²) in [4.78, 5) is 24.4. The lowest BCUT2D eigenvalue weighted by Crippen LogP contribution is -2.58. The molecule has 6 atom stereocenters. The van der Waals surface area contributed by atoms with Crippen LogP contribution >= 0.6 is 0 Å². The van der Waals surface area contributed by atoms with E-state index in [1.165, 1.54) is 6.20 Å². The molecule has 0 amide bonds. The number of rotatable bonds is 8. The Morgan fingerprint density at radius 2 is 1.62 bits per heavy atom.